The van der Waals surface area contributed by atoms with Crippen molar-refractivity contribution >= 4 is 11.7 Å². The van der Waals surface area contributed by atoms with E-state index in [2.05, 4.69) is 31.1 Å². The van der Waals surface area contributed by atoms with E-state index < -0.39 is 0 Å². The molecule has 5 rings (SSSR count). The molecule has 11 atom stereocenters. The zero-order chi connectivity index (χ0) is 25.0. The summed E-state index contributed by atoms with van der Waals surface area (Å²) in [6, 6.07) is 5.49. The number of anilines is 1. The summed E-state index contributed by atoms with van der Waals surface area (Å²) in [6.45, 7) is 6.88. The summed E-state index contributed by atoms with van der Waals surface area (Å²) in [5.41, 5.74) is -0.130. The molecular formula is C29H44N2O4. The number of fused-ring (bicyclic) bond motifs is 5. The molecule has 0 aromatic carbocycles. The largest absolute Gasteiger partial charge is 0.393 e. The van der Waals surface area contributed by atoms with Gasteiger partial charge in [0, 0.05) is 12.6 Å². The maximum absolute atomic E-state index is 12.5. The van der Waals surface area contributed by atoms with Crippen molar-refractivity contribution < 1.29 is 20.1 Å². The number of rotatable bonds is 5. The molecule has 1 heterocycles. The third kappa shape index (κ3) is 4.23. The lowest BCUT2D eigenvalue weighted by Crippen LogP contribution is -2.62. The van der Waals surface area contributed by atoms with Crippen molar-refractivity contribution in [3.63, 3.8) is 0 Å². The Morgan fingerprint density at radius 1 is 1.11 bits per heavy atom. The Morgan fingerprint density at radius 3 is 2.66 bits per heavy atom. The van der Waals surface area contributed by atoms with E-state index in [0.29, 0.717) is 41.8 Å². The van der Waals surface area contributed by atoms with Gasteiger partial charge in [-0.2, -0.15) is 0 Å². The Labute approximate surface area is 209 Å². The number of carbonyl (C=O) groups is 1. The van der Waals surface area contributed by atoms with E-state index in [0.717, 1.165) is 51.4 Å². The summed E-state index contributed by atoms with van der Waals surface area (Å²) in [4.78, 5) is 16.7. The number of hydrogen-bond donors (Lipinski definition) is 4. The Hall–Kier alpha value is -1.50. The van der Waals surface area contributed by atoms with E-state index in [4.69, 9.17) is 0 Å². The second-order valence-corrected chi connectivity index (χ2v) is 12.8. The molecule has 4 aliphatic carbocycles. The number of aliphatic hydroxyl groups is 3. The molecule has 0 bridgehead atoms. The van der Waals surface area contributed by atoms with Crippen LogP contribution in [0.4, 0.5) is 5.82 Å². The minimum Gasteiger partial charge on any atom is -0.393 e. The highest BCUT2D eigenvalue weighted by Crippen LogP contribution is 2.68. The van der Waals surface area contributed by atoms with Gasteiger partial charge in [0.05, 0.1) is 18.3 Å². The number of aliphatic hydroxyl groups excluding tert-OH is 3. The van der Waals surface area contributed by atoms with Crippen LogP contribution in [0.3, 0.4) is 0 Å². The minimum absolute atomic E-state index is 0.0133. The molecule has 4 aliphatic rings. The molecule has 0 radical (unpaired) electrons. The first-order valence-electron chi connectivity index (χ1n) is 13.9. The number of aromatic nitrogens is 1. The molecule has 1 aromatic rings. The third-order valence-electron chi connectivity index (χ3n) is 11.3. The van der Waals surface area contributed by atoms with Gasteiger partial charge >= 0.3 is 0 Å². The molecular weight excluding hydrogens is 440 g/mol. The van der Waals surface area contributed by atoms with E-state index >= 15 is 0 Å². The van der Waals surface area contributed by atoms with Crippen LogP contribution in [0.5, 0.6) is 0 Å². The number of carbonyl (C=O) groups excluding carboxylic acids is 1. The fourth-order valence-corrected chi connectivity index (χ4v) is 9.33. The highest BCUT2D eigenvalue weighted by Gasteiger charge is 2.65. The molecule has 4 N–H and O–H groups in total. The molecule has 6 heteroatoms. The zero-order valence-corrected chi connectivity index (χ0v) is 21.6. The lowest BCUT2D eigenvalue weighted by atomic mass is 9.43. The minimum atomic E-state index is -0.388. The quantitative estimate of drug-likeness (QED) is 0.496. The molecule has 35 heavy (non-hydrogen) atoms. The predicted octanol–water partition coefficient (Wildman–Crippen LogP) is 4.40. The second kappa shape index (κ2) is 9.42. The van der Waals surface area contributed by atoms with Gasteiger partial charge in [-0.25, -0.2) is 4.98 Å². The molecule has 4 fully saturated rings. The summed E-state index contributed by atoms with van der Waals surface area (Å²) in [5, 5.41) is 36.3. The van der Waals surface area contributed by atoms with E-state index in [-0.39, 0.29) is 41.0 Å². The fraction of sp³-hybridized carbons (Fsp3) is 0.793. The van der Waals surface area contributed by atoms with E-state index in [1.54, 1.807) is 12.3 Å². The average molecular weight is 485 g/mol. The van der Waals surface area contributed by atoms with Gasteiger partial charge in [-0.15, -0.1) is 0 Å². The van der Waals surface area contributed by atoms with Crippen LogP contribution < -0.4 is 5.32 Å². The van der Waals surface area contributed by atoms with Crippen molar-refractivity contribution in [1.29, 1.82) is 0 Å². The molecule has 1 aromatic heterocycles. The smallest absolute Gasteiger partial charge is 0.225 e. The van der Waals surface area contributed by atoms with Crippen molar-refractivity contribution in [2.45, 2.75) is 96.9 Å². The topological polar surface area (TPSA) is 103 Å². The van der Waals surface area contributed by atoms with Crippen molar-refractivity contribution in [3.8, 4) is 0 Å². The Morgan fingerprint density at radius 2 is 1.91 bits per heavy atom. The first-order chi connectivity index (χ1) is 16.6. The van der Waals surface area contributed by atoms with Gasteiger partial charge in [0.1, 0.15) is 5.82 Å². The predicted molar refractivity (Wildman–Crippen MR) is 135 cm³/mol. The van der Waals surface area contributed by atoms with Crippen LogP contribution >= 0.6 is 0 Å². The van der Waals surface area contributed by atoms with Gasteiger partial charge in [0.15, 0.2) is 0 Å². The van der Waals surface area contributed by atoms with Gasteiger partial charge in [-0.1, -0.05) is 26.8 Å². The lowest BCUT2D eigenvalue weighted by molar-refractivity contribution is -0.207. The molecule has 6 nitrogen and oxygen atoms in total. The van der Waals surface area contributed by atoms with Crippen molar-refractivity contribution in [3.05, 3.63) is 24.4 Å². The van der Waals surface area contributed by atoms with Crippen LogP contribution in [0.15, 0.2) is 24.4 Å². The molecule has 0 aliphatic heterocycles. The number of nitrogens with zero attached hydrogens (tertiary/aromatic N) is 1. The molecule has 0 unspecified atom stereocenters. The highest BCUT2D eigenvalue weighted by atomic mass is 16.3. The number of nitrogens with one attached hydrogen (secondary N) is 1. The molecule has 0 saturated heterocycles. The summed E-state index contributed by atoms with van der Waals surface area (Å²) < 4.78 is 0. The Kier molecular flexibility index (Phi) is 6.77. The highest BCUT2D eigenvalue weighted by molar-refractivity contribution is 5.89. The maximum Gasteiger partial charge on any atom is 0.225 e. The number of pyridine rings is 1. The Bertz CT molecular complexity index is 911. The standard InChI is InChI=1S/C29H44N2O4/c1-17(7-10-26(35)31-25-6-4-5-13-30-25)20-8-9-21-27-22(16-24(34)29(20,21)3)28(2)12-11-19(32)14-18(28)15-23(27)33/h4-6,13,17-24,27,32-34H,7-12,14-16H2,1-3H3,(H,30,31,35)/t17-,18+,19-,20-,21+,22+,23-,24+,27+,28+,29-/m1/s1. The molecule has 0 spiro atoms. The summed E-state index contributed by atoms with van der Waals surface area (Å²) in [6.07, 6.45) is 8.17. The van der Waals surface area contributed by atoms with E-state index in [1.807, 2.05) is 12.1 Å². The zero-order valence-electron chi connectivity index (χ0n) is 21.6. The first kappa shape index (κ1) is 25.2. The number of hydrogen-bond acceptors (Lipinski definition) is 5. The van der Waals surface area contributed by atoms with Crippen molar-refractivity contribution in [2.75, 3.05) is 5.32 Å². The van der Waals surface area contributed by atoms with Crippen molar-refractivity contribution in [1.82, 2.24) is 4.98 Å². The fourth-order valence-electron chi connectivity index (χ4n) is 9.33. The van der Waals surface area contributed by atoms with Crippen LogP contribution in [0.2, 0.25) is 0 Å². The summed E-state index contributed by atoms with van der Waals surface area (Å²) in [7, 11) is 0. The lowest BCUT2D eigenvalue weighted by Gasteiger charge is -2.63. The Balaban J connectivity index is 1.29. The van der Waals surface area contributed by atoms with Crippen LogP contribution in [0.25, 0.3) is 0 Å². The van der Waals surface area contributed by atoms with Crippen LogP contribution in [-0.2, 0) is 4.79 Å². The molecule has 194 valence electrons. The normalized spacial score (nSPS) is 45.7. The van der Waals surface area contributed by atoms with Gasteiger partial charge < -0.3 is 20.6 Å². The van der Waals surface area contributed by atoms with Gasteiger partial charge in [0.2, 0.25) is 5.91 Å². The molecule has 4 saturated carbocycles. The monoisotopic (exact) mass is 484 g/mol. The number of amides is 1. The second-order valence-electron chi connectivity index (χ2n) is 12.8. The maximum atomic E-state index is 12.5. The van der Waals surface area contributed by atoms with Crippen LogP contribution in [-0.4, -0.2) is 44.5 Å². The average Bonchev–Trinajstić information content (AvgIpc) is 3.18. The molecule has 1 amide bonds. The van der Waals surface area contributed by atoms with Crippen molar-refractivity contribution in [2.24, 2.45) is 46.3 Å². The van der Waals surface area contributed by atoms with E-state index in [1.165, 1.54) is 0 Å². The van der Waals surface area contributed by atoms with Gasteiger partial charge in [-0.3, -0.25) is 4.79 Å². The summed E-state index contributed by atoms with van der Waals surface area (Å²) in [5.74, 6) is 2.43. The van der Waals surface area contributed by atoms with Gasteiger partial charge in [0.25, 0.3) is 0 Å². The first-order valence-corrected chi connectivity index (χ1v) is 13.9. The van der Waals surface area contributed by atoms with Gasteiger partial charge in [-0.05, 0) is 110 Å². The van der Waals surface area contributed by atoms with Crippen LogP contribution in [0, 0.1) is 46.3 Å². The van der Waals surface area contributed by atoms with Crippen LogP contribution in [0.1, 0.15) is 78.6 Å². The third-order valence-corrected chi connectivity index (χ3v) is 11.3. The van der Waals surface area contributed by atoms with E-state index in [9.17, 15) is 20.1 Å². The SMILES string of the molecule is C[C@H](CCC(=O)Nc1ccccn1)[C@H]1CC[C@H]2[C@@H]3[C@H](O)C[C@@H]4C[C@H](O)CC[C@]4(C)[C@H]3C[C@H](O)[C@]12C. The summed E-state index contributed by atoms with van der Waals surface area (Å²) >= 11 is 0.